The second-order valence-electron chi connectivity index (χ2n) is 11.1. The van der Waals surface area contributed by atoms with Crippen LogP contribution >= 0.6 is 21.6 Å². The van der Waals surface area contributed by atoms with Crippen molar-refractivity contribution in [3.05, 3.63) is 0 Å². The number of ketones is 2. The van der Waals surface area contributed by atoms with Gasteiger partial charge in [0, 0.05) is 11.5 Å². The summed E-state index contributed by atoms with van der Waals surface area (Å²) in [5, 5.41) is 9.20. The monoisotopic (exact) mass is 666 g/mol. The van der Waals surface area contributed by atoms with E-state index in [0.29, 0.717) is 0 Å². The van der Waals surface area contributed by atoms with Crippen LogP contribution in [0.25, 0.3) is 0 Å². The Labute approximate surface area is 263 Å². The summed E-state index contributed by atoms with van der Waals surface area (Å²) >= 11 is 0. The molecule has 0 radical (unpaired) electrons. The molecule has 4 atom stereocenters. The quantitative estimate of drug-likeness (QED) is 0.0620. The molecular weight excluding hydrogens is 624 g/mol. The minimum Gasteiger partial charge on any atom is -0.467 e. The molecule has 0 aliphatic carbocycles. The number of hydrogen-bond acceptors (Lipinski definition) is 14. The maximum Gasteiger partial charge on any atom is 0.408 e. The van der Waals surface area contributed by atoms with Crippen molar-refractivity contribution in [2.45, 2.75) is 90.8 Å². The summed E-state index contributed by atoms with van der Waals surface area (Å²) in [5.41, 5.74) is -1.81. The lowest BCUT2D eigenvalue weighted by Gasteiger charge is -2.25. The Morgan fingerprint density at radius 2 is 0.864 bits per heavy atom. The highest BCUT2D eigenvalue weighted by Gasteiger charge is 2.33. The number of alkyl carbamates (subject to hydrolysis) is 2. The minimum absolute atomic E-state index is 0.166. The number of nitrogens with one attached hydrogen (secondary N) is 4. The summed E-state index contributed by atoms with van der Waals surface area (Å²) in [6.07, 6.45) is -1.91. The largest absolute Gasteiger partial charge is 0.467 e. The standard InChI is InChI=1S/C26H42N4O12S2/c1-13(31)17(21(35)39-9)29-19(33)15(27-23(37)41-25(3,4)5)11-43-44-12-16(28-24(38)42-26(6,7)8)20(34)30-18(14(2)32)22(36)40-10/h15-18H,11-12H2,1-10H3,(H,27,37)(H,28,38)(H,29,33)(H,30,34)/t15-,16-,17+,18+/m0/s1. The zero-order chi connectivity index (χ0) is 34.4. The van der Waals surface area contributed by atoms with Crippen molar-refractivity contribution < 1.29 is 57.3 Å². The molecule has 0 saturated carbocycles. The third-order valence-corrected chi connectivity index (χ3v) is 7.25. The molecule has 250 valence electrons. The Morgan fingerprint density at radius 1 is 0.568 bits per heavy atom. The molecule has 0 unspecified atom stereocenters. The molecular formula is C26H42N4O12S2. The number of esters is 2. The van der Waals surface area contributed by atoms with E-state index >= 15 is 0 Å². The van der Waals surface area contributed by atoms with Crippen LogP contribution in [-0.2, 0) is 47.7 Å². The molecule has 0 rings (SSSR count). The third-order valence-electron chi connectivity index (χ3n) is 4.83. The van der Waals surface area contributed by atoms with E-state index in [4.69, 9.17) is 9.47 Å². The molecule has 0 aromatic carbocycles. The summed E-state index contributed by atoms with van der Waals surface area (Å²) in [6, 6.07) is -5.91. The lowest BCUT2D eigenvalue weighted by molar-refractivity contribution is -0.149. The number of ether oxygens (including phenoxy) is 4. The van der Waals surface area contributed by atoms with E-state index in [1.165, 1.54) is 0 Å². The first-order valence-corrected chi connectivity index (χ1v) is 15.6. The number of rotatable bonds is 15. The summed E-state index contributed by atoms with van der Waals surface area (Å²) in [5.74, 6) is -5.58. The highest BCUT2D eigenvalue weighted by atomic mass is 33.1. The molecule has 16 nitrogen and oxygen atoms in total. The molecule has 44 heavy (non-hydrogen) atoms. The highest BCUT2D eigenvalue weighted by Crippen LogP contribution is 2.24. The summed E-state index contributed by atoms with van der Waals surface area (Å²) in [6.45, 7) is 11.8. The van der Waals surface area contributed by atoms with Crippen LogP contribution in [0.5, 0.6) is 0 Å². The fraction of sp³-hybridized carbons (Fsp3) is 0.692. The maximum atomic E-state index is 13.0. The Bertz CT molecular complexity index is 1000. The second-order valence-corrected chi connectivity index (χ2v) is 13.7. The van der Waals surface area contributed by atoms with Crippen molar-refractivity contribution in [1.82, 2.24) is 21.3 Å². The summed E-state index contributed by atoms with van der Waals surface area (Å²) in [4.78, 5) is 98.5. The van der Waals surface area contributed by atoms with E-state index in [-0.39, 0.29) is 11.5 Å². The molecule has 0 saturated heterocycles. The van der Waals surface area contributed by atoms with Gasteiger partial charge in [-0.25, -0.2) is 19.2 Å². The maximum absolute atomic E-state index is 13.0. The summed E-state index contributed by atoms with van der Waals surface area (Å²) < 4.78 is 19.5. The Hall–Kier alpha value is -3.54. The van der Waals surface area contributed by atoms with E-state index in [2.05, 4.69) is 30.7 Å². The first-order valence-electron chi connectivity index (χ1n) is 13.1. The molecule has 4 amide bonds. The smallest absolute Gasteiger partial charge is 0.408 e. The molecule has 0 fully saturated rings. The number of methoxy groups -OCH3 is 2. The van der Waals surface area contributed by atoms with Gasteiger partial charge in [0.2, 0.25) is 11.8 Å². The second kappa shape index (κ2) is 18.3. The molecule has 0 aliphatic rings. The molecule has 0 aromatic heterocycles. The van der Waals surface area contributed by atoms with E-state index in [9.17, 15) is 38.4 Å². The first kappa shape index (κ1) is 40.5. The number of hydrogen-bond donors (Lipinski definition) is 4. The minimum atomic E-state index is -1.62. The van der Waals surface area contributed by atoms with Crippen LogP contribution in [0, 0.1) is 0 Å². The Morgan fingerprint density at radius 3 is 1.09 bits per heavy atom. The number of Topliss-reactive ketones (excluding diaryl/α,β-unsaturated/α-hetero) is 2. The molecule has 0 bridgehead atoms. The summed E-state index contributed by atoms with van der Waals surface area (Å²) in [7, 11) is 4.02. The van der Waals surface area contributed by atoms with Gasteiger partial charge in [-0.1, -0.05) is 21.6 Å². The van der Waals surface area contributed by atoms with Gasteiger partial charge < -0.3 is 40.2 Å². The van der Waals surface area contributed by atoms with E-state index < -0.39 is 82.9 Å². The van der Waals surface area contributed by atoms with Crippen molar-refractivity contribution in [3.63, 3.8) is 0 Å². The van der Waals surface area contributed by atoms with Gasteiger partial charge in [-0.15, -0.1) is 0 Å². The average molecular weight is 667 g/mol. The van der Waals surface area contributed by atoms with Crippen LogP contribution in [0.3, 0.4) is 0 Å². The van der Waals surface area contributed by atoms with Gasteiger partial charge in [0.15, 0.2) is 23.7 Å². The van der Waals surface area contributed by atoms with Crippen molar-refractivity contribution in [2.75, 3.05) is 25.7 Å². The van der Waals surface area contributed by atoms with E-state index in [0.717, 1.165) is 49.7 Å². The number of amides is 4. The van der Waals surface area contributed by atoms with Gasteiger partial charge >= 0.3 is 24.1 Å². The van der Waals surface area contributed by atoms with Crippen LogP contribution in [-0.4, -0.2) is 109 Å². The normalized spacial score (nSPS) is 14.0. The van der Waals surface area contributed by atoms with E-state index in [1.54, 1.807) is 41.5 Å². The average Bonchev–Trinajstić information content (AvgIpc) is 2.87. The predicted octanol–water partition coefficient (Wildman–Crippen LogP) is 0.648. The van der Waals surface area contributed by atoms with Gasteiger partial charge in [0.1, 0.15) is 23.3 Å². The molecule has 0 aromatic rings. The van der Waals surface area contributed by atoms with Gasteiger partial charge in [-0.2, -0.15) is 0 Å². The van der Waals surface area contributed by atoms with Crippen molar-refractivity contribution in [1.29, 1.82) is 0 Å². The Kier molecular flexibility index (Phi) is 16.8. The number of carbonyl (C=O) groups is 8. The number of carbonyl (C=O) groups excluding carboxylic acids is 8. The molecule has 0 heterocycles. The van der Waals surface area contributed by atoms with Crippen LogP contribution in [0.4, 0.5) is 9.59 Å². The van der Waals surface area contributed by atoms with E-state index in [1.807, 2.05) is 0 Å². The van der Waals surface area contributed by atoms with Gasteiger partial charge in [-0.3, -0.25) is 19.2 Å². The van der Waals surface area contributed by atoms with Crippen molar-refractivity contribution in [3.8, 4) is 0 Å². The van der Waals surface area contributed by atoms with Crippen molar-refractivity contribution >= 4 is 69.1 Å². The predicted molar refractivity (Wildman–Crippen MR) is 160 cm³/mol. The van der Waals surface area contributed by atoms with Gasteiger partial charge in [0.05, 0.1) is 14.2 Å². The lowest BCUT2D eigenvalue weighted by atomic mass is 10.2. The zero-order valence-corrected chi connectivity index (χ0v) is 28.1. The lowest BCUT2D eigenvalue weighted by Crippen LogP contribution is -2.55. The first-order chi connectivity index (χ1) is 20.1. The molecule has 4 N–H and O–H groups in total. The van der Waals surface area contributed by atoms with Gasteiger partial charge in [0.25, 0.3) is 0 Å². The van der Waals surface area contributed by atoms with Crippen molar-refractivity contribution in [2.24, 2.45) is 0 Å². The molecule has 0 spiro atoms. The SMILES string of the molecule is COC(=O)[C@H](NC(=O)[C@H](CSSC[C@H](NC(=O)OC(C)(C)C)C(=O)N[C@H](C(C)=O)C(=O)OC)NC(=O)OC(C)(C)C)C(C)=O. The molecule has 18 heteroatoms. The third kappa shape index (κ3) is 16.3. The van der Waals surface area contributed by atoms with Crippen LogP contribution in [0.15, 0.2) is 0 Å². The zero-order valence-electron chi connectivity index (χ0n) is 26.4. The highest BCUT2D eigenvalue weighted by molar-refractivity contribution is 8.76. The fourth-order valence-electron chi connectivity index (χ4n) is 2.87. The van der Waals surface area contributed by atoms with Gasteiger partial charge in [-0.05, 0) is 55.4 Å². The Balaban J connectivity index is 5.82. The molecule has 0 aliphatic heterocycles. The topological polar surface area (TPSA) is 222 Å². The van der Waals surface area contributed by atoms with Crippen LogP contribution < -0.4 is 21.3 Å². The van der Waals surface area contributed by atoms with Crippen LogP contribution in [0.2, 0.25) is 0 Å². The fourth-order valence-corrected chi connectivity index (χ4v) is 5.20. The van der Waals surface area contributed by atoms with Crippen LogP contribution in [0.1, 0.15) is 55.4 Å².